The Morgan fingerprint density at radius 3 is 2.63 bits per heavy atom. The number of nitrogens with one attached hydrogen (secondary N) is 1. The van der Waals surface area contributed by atoms with Crippen LogP contribution in [0.5, 0.6) is 0 Å². The van der Waals surface area contributed by atoms with Gasteiger partial charge in [-0.05, 0) is 25.0 Å². The Morgan fingerprint density at radius 2 is 1.93 bits per heavy atom. The zero-order chi connectivity index (χ0) is 21.1. The van der Waals surface area contributed by atoms with E-state index in [1.54, 1.807) is 17.1 Å². The monoisotopic (exact) mass is 428 g/mol. The van der Waals surface area contributed by atoms with Gasteiger partial charge < -0.3 is 10.2 Å². The molecule has 1 aliphatic rings. The summed E-state index contributed by atoms with van der Waals surface area (Å²) < 4.78 is 1.55. The molecule has 1 fully saturated rings. The number of benzene rings is 1. The summed E-state index contributed by atoms with van der Waals surface area (Å²) in [5.41, 5.74) is 0.114. The Balaban J connectivity index is 1.38. The van der Waals surface area contributed by atoms with Gasteiger partial charge in [-0.3, -0.25) is 14.9 Å². The van der Waals surface area contributed by atoms with Crippen LogP contribution in [0.25, 0.3) is 5.82 Å². The molecule has 154 valence electrons. The molecule has 0 saturated carbocycles. The molecule has 1 amide bonds. The highest BCUT2D eigenvalue weighted by Gasteiger charge is 2.26. The normalized spacial score (nSPS) is 14.5. The number of piperidine rings is 1. The summed E-state index contributed by atoms with van der Waals surface area (Å²) in [6.07, 6.45) is 5.72. The second-order valence-corrected chi connectivity index (χ2v) is 7.16. The standard InChI is InChI=1S/C18H17ClN8O3/c19-14-2-1-13(7-15(14)27(29)30)24-18(28)12-3-5-25(6-4-12)16-8-17(22-10-21-16)26-11-20-9-23-26/h1-2,7-12H,3-6H2,(H,24,28). The first kappa shape index (κ1) is 19.7. The number of hydrogen-bond donors (Lipinski definition) is 1. The molecule has 2 aromatic heterocycles. The van der Waals surface area contributed by atoms with Crippen molar-refractivity contribution in [1.82, 2.24) is 24.7 Å². The van der Waals surface area contributed by atoms with E-state index in [2.05, 4.69) is 30.3 Å². The van der Waals surface area contributed by atoms with Crippen LogP contribution in [0.1, 0.15) is 12.8 Å². The lowest BCUT2D eigenvalue weighted by molar-refractivity contribution is -0.384. The van der Waals surface area contributed by atoms with Crippen LogP contribution < -0.4 is 10.2 Å². The van der Waals surface area contributed by atoms with Crippen LogP contribution in [-0.2, 0) is 4.79 Å². The van der Waals surface area contributed by atoms with Crippen LogP contribution >= 0.6 is 11.6 Å². The lowest BCUT2D eigenvalue weighted by Crippen LogP contribution is -2.38. The van der Waals surface area contributed by atoms with Gasteiger partial charge in [0.1, 0.15) is 29.8 Å². The third-order valence-electron chi connectivity index (χ3n) is 4.89. The molecule has 1 N–H and O–H groups in total. The SMILES string of the molecule is O=C(Nc1ccc(Cl)c([N+](=O)[O-])c1)C1CCN(c2cc(-n3cncn3)ncn2)CC1. The lowest BCUT2D eigenvalue weighted by atomic mass is 9.96. The van der Waals surface area contributed by atoms with E-state index in [9.17, 15) is 14.9 Å². The van der Waals surface area contributed by atoms with E-state index in [0.29, 0.717) is 37.4 Å². The molecule has 0 aliphatic carbocycles. The van der Waals surface area contributed by atoms with Crippen molar-refractivity contribution in [2.24, 2.45) is 5.92 Å². The third-order valence-corrected chi connectivity index (χ3v) is 5.21. The highest BCUT2D eigenvalue weighted by molar-refractivity contribution is 6.32. The highest BCUT2D eigenvalue weighted by Crippen LogP contribution is 2.29. The van der Waals surface area contributed by atoms with Crippen LogP contribution in [0.3, 0.4) is 0 Å². The van der Waals surface area contributed by atoms with Gasteiger partial charge in [0.15, 0.2) is 5.82 Å². The topological polar surface area (TPSA) is 132 Å². The maximum absolute atomic E-state index is 12.6. The predicted octanol–water partition coefficient (Wildman–Crippen LogP) is 2.47. The molecule has 1 saturated heterocycles. The Kier molecular flexibility index (Phi) is 5.53. The molecule has 0 atom stereocenters. The van der Waals surface area contributed by atoms with Crippen molar-refractivity contribution in [2.45, 2.75) is 12.8 Å². The average Bonchev–Trinajstić information content (AvgIpc) is 3.30. The molecule has 4 rings (SSSR count). The van der Waals surface area contributed by atoms with E-state index in [-0.39, 0.29) is 22.5 Å². The summed E-state index contributed by atoms with van der Waals surface area (Å²) in [6.45, 7) is 1.29. The summed E-state index contributed by atoms with van der Waals surface area (Å²) in [5, 5.41) is 17.9. The van der Waals surface area contributed by atoms with Gasteiger partial charge in [-0.15, -0.1) is 0 Å². The van der Waals surface area contributed by atoms with E-state index >= 15 is 0 Å². The van der Waals surface area contributed by atoms with Crippen molar-refractivity contribution in [3.8, 4) is 5.82 Å². The number of hydrogen-bond acceptors (Lipinski definition) is 8. The average molecular weight is 429 g/mol. The van der Waals surface area contributed by atoms with Gasteiger partial charge in [-0.1, -0.05) is 11.6 Å². The fourth-order valence-electron chi connectivity index (χ4n) is 3.31. The smallest absolute Gasteiger partial charge is 0.289 e. The van der Waals surface area contributed by atoms with Gasteiger partial charge in [0, 0.05) is 36.8 Å². The summed E-state index contributed by atoms with van der Waals surface area (Å²) in [5.74, 6) is 0.995. The molecule has 12 heteroatoms. The summed E-state index contributed by atoms with van der Waals surface area (Å²) in [7, 11) is 0. The van der Waals surface area contributed by atoms with Crippen LogP contribution in [0.4, 0.5) is 17.2 Å². The predicted molar refractivity (Wildman–Crippen MR) is 109 cm³/mol. The van der Waals surface area contributed by atoms with E-state index in [1.807, 2.05) is 6.07 Å². The maximum atomic E-state index is 12.6. The summed E-state index contributed by atoms with van der Waals surface area (Å²) in [6, 6.07) is 6.04. The molecule has 1 aromatic carbocycles. The molecular formula is C18H17ClN8O3. The first-order chi connectivity index (χ1) is 14.5. The van der Waals surface area contributed by atoms with Gasteiger partial charge in [-0.2, -0.15) is 5.10 Å². The van der Waals surface area contributed by atoms with Gasteiger partial charge in [0.05, 0.1) is 4.92 Å². The minimum atomic E-state index is -0.578. The molecule has 3 heterocycles. The fourth-order valence-corrected chi connectivity index (χ4v) is 3.49. The number of anilines is 2. The van der Waals surface area contributed by atoms with Crippen molar-refractivity contribution >= 4 is 34.7 Å². The number of nitro groups is 1. The number of amides is 1. The van der Waals surface area contributed by atoms with E-state index < -0.39 is 4.92 Å². The molecule has 0 unspecified atom stereocenters. The summed E-state index contributed by atoms with van der Waals surface area (Å²) >= 11 is 5.82. The minimum absolute atomic E-state index is 0.0291. The Labute approximate surface area is 175 Å². The first-order valence-corrected chi connectivity index (χ1v) is 9.56. The molecule has 30 heavy (non-hydrogen) atoms. The van der Waals surface area contributed by atoms with Crippen molar-refractivity contribution < 1.29 is 9.72 Å². The first-order valence-electron chi connectivity index (χ1n) is 9.18. The van der Waals surface area contributed by atoms with Crippen LogP contribution in [0.15, 0.2) is 43.2 Å². The van der Waals surface area contributed by atoms with Crippen LogP contribution in [0, 0.1) is 16.0 Å². The van der Waals surface area contributed by atoms with Gasteiger partial charge >= 0.3 is 0 Å². The molecular weight excluding hydrogens is 412 g/mol. The van der Waals surface area contributed by atoms with Crippen molar-refractivity contribution in [3.05, 3.63) is 58.4 Å². The molecule has 0 radical (unpaired) electrons. The summed E-state index contributed by atoms with van der Waals surface area (Å²) in [4.78, 5) is 37.6. The van der Waals surface area contributed by atoms with Crippen molar-refractivity contribution in [3.63, 3.8) is 0 Å². The second-order valence-electron chi connectivity index (χ2n) is 6.75. The van der Waals surface area contributed by atoms with Gasteiger partial charge in [-0.25, -0.2) is 19.6 Å². The lowest BCUT2D eigenvalue weighted by Gasteiger charge is -2.32. The van der Waals surface area contributed by atoms with Gasteiger partial charge in [0.25, 0.3) is 5.69 Å². The molecule has 0 spiro atoms. The van der Waals surface area contributed by atoms with Crippen molar-refractivity contribution in [2.75, 3.05) is 23.3 Å². The Morgan fingerprint density at radius 1 is 1.17 bits per heavy atom. The number of nitro benzene ring substituents is 1. The highest BCUT2D eigenvalue weighted by atomic mass is 35.5. The Hall–Kier alpha value is -3.60. The Bertz CT molecular complexity index is 1070. The zero-order valence-corrected chi connectivity index (χ0v) is 16.4. The van der Waals surface area contributed by atoms with E-state index in [1.165, 1.54) is 24.8 Å². The van der Waals surface area contributed by atoms with Crippen LogP contribution in [0.2, 0.25) is 5.02 Å². The van der Waals surface area contributed by atoms with E-state index in [4.69, 9.17) is 11.6 Å². The number of rotatable bonds is 5. The number of carbonyl (C=O) groups is 1. The number of carbonyl (C=O) groups excluding carboxylic acids is 1. The maximum Gasteiger partial charge on any atom is 0.289 e. The number of aromatic nitrogens is 5. The molecule has 3 aromatic rings. The molecule has 11 nitrogen and oxygen atoms in total. The molecule has 0 bridgehead atoms. The van der Waals surface area contributed by atoms with E-state index in [0.717, 1.165) is 5.82 Å². The quantitative estimate of drug-likeness (QED) is 0.484. The number of halogens is 1. The van der Waals surface area contributed by atoms with Crippen molar-refractivity contribution in [1.29, 1.82) is 0 Å². The largest absolute Gasteiger partial charge is 0.356 e. The zero-order valence-electron chi connectivity index (χ0n) is 15.7. The molecule has 1 aliphatic heterocycles. The van der Waals surface area contributed by atoms with Crippen LogP contribution in [-0.4, -0.2) is 48.7 Å². The second kappa shape index (κ2) is 8.41. The minimum Gasteiger partial charge on any atom is -0.356 e. The van der Waals surface area contributed by atoms with Gasteiger partial charge in [0.2, 0.25) is 5.91 Å². The third kappa shape index (κ3) is 4.20. The fraction of sp³-hybridized carbons (Fsp3) is 0.278. The number of nitrogens with zero attached hydrogens (tertiary/aromatic N) is 7.